The summed E-state index contributed by atoms with van der Waals surface area (Å²) in [6, 6.07) is 18.4. The number of para-hydroxylation sites is 1. The summed E-state index contributed by atoms with van der Waals surface area (Å²) in [4.78, 5) is 36.2. The van der Waals surface area contributed by atoms with Gasteiger partial charge in [-0.25, -0.2) is 5.01 Å². The van der Waals surface area contributed by atoms with Crippen molar-refractivity contribution in [3.63, 3.8) is 0 Å². The van der Waals surface area contributed by atoms with Crippen molar-refractivity contribution in [2.75, 3.05) is 18.2 Å². The summed E-state index contributed by atoms with van der Waals surface area (Å²) in [5.74, 6) is -0.200. The number of nitro groups is 1. The van der Waals surface area contributed by atoms with E-state index in [2.05, 4.69) is 5.43 Å². The van der Waals surface area contributed by atoms with Crippen LogP contribution in [0.2, 0.25) is 0 Å². The third-order valence-corrected chi connectivity index (χ3v) is 5.50. The van der Waals surface area contributed by atoms with E-state index in [9.17, 15) is 19.7 Å². The van der Waals surface area contributed by atoms with Gasteiger partial charge >= 0.3 is 0 Å². The first-order valence-electron chi connectivity index (χ1n) is 10.9. The third kappa shape index (κ3) is 5.30. The van der Waals surface area contributed by atoms with E-state index < -0.39 is 16.7 Å². The van der Waals surface area contributed by atoms with Crippen LogP contribution in [0, 0.1) is 24.0 Å². The first-order valence-corrected chi connectivity index (χ1v) is 10.9. The van der Waals surface area contributed by atoms with Gasteiger partial charge in [-0.1, -0.05) is 24.3 Å². The molecule has 9 nitrogen and oxygen atoms in total. The number of non-ortho nitro benzene ring substituents is 1. The molecule has 0 aromatic heterocycles. The highest BCUT2D eigenvalue weighted by Gasteiger charge is 2.34. The average molecular weight is 473 g/mol. The molecule has 1 N–H and O–H groups in total. The molecule has 0 unspecified atom stereocenters. The van der Waals surface area contributed by atoms with Crippen LogP contribution in [0.1, 0.15) is 16.7 Å². The van der Waals surface area contributed by atoms with Gasteiger partial charge in [0.15, 0.2) is 0 Å². The van der Waals surface area contributed by atoms with Gasteiger partial charge in [0.25, 0.3) is 17.5 Å². The van der Waals surface area contributed by atoms with Gasteiger partial charge in [-0.3, -0.25) is 25.1 Å². The summed E-state index contributed by atoms with van der Waals surface area (Å²) in [5.41, 5.74) is 5.15. The molecular formula is C26H23N3O6. The molecule has 178 valence electrons. The molecule has 0 spiro atoms. The second kappa shape index (κ2) is 10.1. The fourth-order valence-electron chi connectivity index (χ4n) is 3.48. The summed E-state index contributed by atoms with van der Waals surface area (Å²) in [7, 11) is 0. The van der Waals surface area contributed by atoms with Crippen LogP contribution in [0.15, 0.2) is 72.3 Å². The molecule has 0 bridgehead atoms. The van der Waals surface area contributed by atoms with E-state index in [4.69, 9.17) is 9.47 Å². The van der Waals surface area contributed by atoms with E-state index in [1.54, 1.807) is 30.3 Å². The van der Waals surface area contributed by atoms with Gasteiger partial charge in [-0.2, -0.15) is 0 Å². The van der Waals surface area contributed by atoms with Crippen LogP contribution in [0.3, 0.4) is 0 Å². The number of nitro benzene ring substituents is 1. The predicted molar refractivity (Wildman–Crippen MR) is 130 cm³/mol. The molecule has 0 atom stereocenters. The number of ether oxygens (including phenoxy) is 2. The van der Waals surface area contributed by atoms with Crippen molar-refractivity contribution in [1.82, 2.24) is 5.43 Å². The Morgan fingerprint density at radius 1 is 0.943 bits per heavy atom. The molecule has 0 saturated carbocycles. The van der Waals surface area contributed by atoms with Crippen molar-refractivity contribution < 1.29 is 24.0 Å². The Labute approximate surface area is 201 Å². The van der Waals surface area contributed by atoms with Gasteiger partial charge in [-0.15, -0.1) is 0 Å². The SMILES string of the molecule is Cc1ccc(OCCOc2ccc([N+](=O)[O-])cc2C=C2C(=O)NN(c3ccccc3)C2=O)cc1C. The zero-order valence-electron chi connectivity index (χ0n) is 19.2. The highest BCUT2D eigenvalue weighted by atomic mass is 16.6. The summed E-state index contributed by atoms with van der Waals surface area (Å²) >= 11 is 0. The van der Waals surface area contributed by atoms with Gasteiger partial charge in [-0.05, 0) is 61.4 Å². The van der Waals surface area contributed by atoms with E-state index in [0.717, 1.165) is 16.1 Å². The van der Waals surface area contributed by atoms with Gasteiger partial charge in [0.1, 0.15) is 30.3 Å². The maximum atomic E-state index is 12.9. The molecule has 1 aliphatic heterocycles. The number of hydrazine groups is 1. The van der Waals surface area contributed by atoms with Crippen molar-refractivity contribution in [2.45, 2.75) is 13.8 Å². The van der Waals surface area contributed by atoms with E-state index in [0.29, 0.717) is 11.4 Å². The zero-order valence-corrected chi connectivity index (χ0v) is 19.2. The fourth-order valence-corrected chi connectivity index (χ4v) is 3.48. The molecule has 0 aliphatic carbocycles. The van der Waals surface area contributed by atoms with Crippen LogP contribution in [0.25, 0.3) is 6.08 Å². The number of nitrogens with zero attached hydrogens (tertiary/aromatic N) is 2. The Balaban J connectivity index is 1.53. The van der Waals surface area contributed by atoms with E-state index in [-0.39, 0.29) is 35.8 Å². The molecule has 35 heavy (non-hydrogen) atoms. The number of hydrogen-bond donors (Lipinski definition) is 1. The van der Waals surface area contributed by atoms with Crippen molar-refractivity contribution in [2.24, 2.45) is 0 Å². The molecule has 1 saturated heterocycles. The Kier molecular flexibility index (Phi) is 6.77. The fraction of sp³-hybridized carbons (Fsp3) is 0.154. The van der Waals surface area contributed by atoms with Crippen molar-refractivity contribution >= 4 is 29.3 Å². The Morgan fingerprint density at radius 2 is 1.69 bits per heavy atom. The standard InChI is InChI=1S/C26H23N3O6/c1-17-8-10-22(14-18(17)2)34-12-13-35-24-11-9-21(29(32)33)15-19(24)16-23-25(30)27-28(26(23)31)20-6-4-3-5-7-20/h3-11,14-16H,12-13H2,1-2H3,(H,27,30). The first kappa shape index (κ1) is 23.5. The van der Waals surface area contributed by atoms with Crippen LogP contribution in [0.4, 0.5) is 11.4 Å². The lowest BCUT2D eigenvalue weighted by Gasteiger charge is -2.14. The van der Waals surface area contributed by atoms with Crippen molar-refractivity contribution in [3.05, 3.63) is 99.1 Å². The molecule has 3 aromatic rings. The van der Waals surface area contributed by atoms with Crippen LogP contribution < -0.4 is 19.9 Å². The normalized spacial score (nSPS) is 14.2. The maximum absolute atomic E-state index is 12.9. The second-order valence-electron chi connectivity index (χ2n) is 7.90. The van der Waals surface area contributed by atoms with Gasteiger partial charge < -0.3 is 9.47 Å². The topological polar surface area (TPSA) is 111 Å². The highest BCUT2D eigenvalue weighted by Crippen LogP contribution is 2.29. The Morgan fingerprint density at radius 3 is 2.40 bits per heavy atom. The number of carbonyl (C=O) groups is 2. The van der Waals surface area contributed by atoms with Gasteiger partial charge in [0.05, 0.1) is 10.6 Å². The number of nitrogens with one attached hydrogen (secondary N) is 1. The molecule has 2 amide bonds. The lowest BCUT2D eigenvalue weighted by atomic mass is 10.1. The summed E-state index contributed by atoms with van der Waals surface area (Å²) in [6.07, 6.45) is 1.30. The Bertz CT molecular complexity index is 1320. The number of hydrogen-bond acceptors (Lipinski definition) is 6. The average Bonchev–Trinajstić information content (AvgIpc) is 3.13. The number of anilines is 1. The van der Waals surface area contributed by atoms with Gasteiger partial charge in [0.2, 0.25) is 0 Å². The summed E-state index contributed by atoms with van der Waals surface area (Å²) in [6.45, 7) is 4.39. The Hall–Kier alpha value is -4.66. The molecule has 1 heterocycles. The smallest absolute Gasteiger partial charge is 0.282 e. The predicted octanol–water partition coefficient (Wildman–Crippen LogP) is 4.13. The third-order valence-electron chi connectivity index (χ3n) is 5.50. The molecule has 9 heteroatoms. The molecule has 1 fully saturated rings. The monoisotopic (exact) mass is 473 g/mol. The number of aryl methyl sites for hydroxylation is 2. The van der Waals surface area contributed by atoms with Crippen molar-refractivity contribution in [3.8, 4) is 11.5 Å². The van der Waals surface area contributed by atoms with E-state index in [1.165, 1.54) is 24.3 Å². The maximum Gasteiger partial charge on any atom is 0.282 e. The molecule has 3 aromatic carbocycles. The number of rotatable bonds is 8. The minimum atomic E-state index is -0.616. The lowest BCUT2D eigenvalue weighted by molar-refractivity contribution is -0.384. The second-order valence-corrected chi connectivity index (χ2v) is 7.90. The lowest BCUT2D eigenvalue weighted by Crippen LogP contribution is -2.35. The summed E-state index contributed by atoms with van der Waals surface area (Å²) < 4.78 is 11.5. The van der Waals surface area contributed by atoms with Crippen molar-refractivity contribution in [1.29, 1.82) is 0 Å². The quantitative estimate of drug-likeness (QED) is 0.173. The molecule has 4 rings (SSSR count). The molecule has 0 radical (unpaired) electrons. The largest absolute Gasteiger partial charge is 0.490 e. The number of benzene rings is 3. The van der Waals surface area contributed by atoms with Crippen LogP contribution in [-0.4, -0.2) is 30.0 Å². The minimum Gasteiger partial charge on any atom is -0.490 e. The minimum absolute atomic E-state index is 0.150. The first-order chi connectivity index (χ1) is 16.8. The molecule has 1 aliphatic rings. The van der Waals surface area contributed by atoms with Crippen LogP contribution in [0.5, 0.6) is 11.5 Å². The number of carbonyl (C=O) groups excluding carboxylic acids is 2. The van der Waals surface area contributed by atoms with Gasteiger partial charge in [0, 0.05) is 17.7 Å². The highest BCUT2D eigenvalue weighted by molar-refractivity contribution is 6.31. The van der Waals surface area contributed by atoms with Crippen LogP contribution in [-0.2, 0) is 9.59 Å². The molecular weight excluding hydrogens is 450 g/mol. The van der Waals surface area contributed by atoms with E-state index in [1.807, 2.05) is 32.0 Å². The van der Waals surface area contributed by atoms with E-state index >= 15 is 0 Å². The van der Waals surface area contributed by atoms with Crippen LogP contribution >= 0.6 is 0 Å². The number of amides is 2. The summed E-state index contributed by atoms with van der Waals surface area (Å²) in [5, 5.41) is 12.4. The zero-order chi connectivity index (χ0) is 24.9.